The summed E-state index contributed by atoms with van der Waals surface area (Å²) in [4.78, 5) is 6.80. The predicted molar refractivity (Wildman–Crippen MR) is 277 cm³/mol. The summed E-state index contributed by atoms with van der Waals surface area (Å²) >= 11 is 4.19. The monoisotopic (exact) mass is 943 g/mol. The number of nitrogens with zero attached hydrogens (tertiary/aromatic N) is 2. The number of nitrogens with one attached hydrogen (secondary N) is 4. The molecule has 0 aromatic heterocycles. The fraction of sp³-hybridized carbons (Fsp3) is 1.00. The van der Waals surface area contributed by atoms with Crippen molar-refractivity contribution in [2.24, 2.45) is 71.0 Å². The van der Waals surface area contributed by atoms with Crippen molar-refractivity contribution in [2.45, 2.75) is 290 Å². The van der Waals surface area contributed by atoms with E-state index in [0.717, 1.165) is 107 Å². The average molecular weight is 944 g/mol. The average Bonchev–Trinajstić information content (AvgIpc) is 4.22. The van der Waals surface area contributed by atoms with Crippen molar-refractivity contribution >= 4 is 23.9 Å². The molecule has 0 amide bonds. The molecule has 4 heterocycles. The van der Waals surface area contributed by atoms with Gasteiger partial charge in [0, 0.05) is 36.3 Å². The largest absolute Gasteiger partial charge is 0.294 e. The third-order valence-electron chi connectivity index (χ3n) is 23.8. The number of hydrogen-bond acceptors (Lipinski definition) is 8. The first-order chi connectivity index (χ1) is 32.7. The van der Waals surface area contributed by atoms with Crippen molar-refractivity contribution in [1.29, 1.82) is 0 Å². The molecule has 8 heteroatoms. The first kappa shape index (κ1) is 46.3. The lowest BCUT2D eigenvalue weighted by molar-refractivity contribution is 0.00752. The molecule has 0 radical (unpaired) electrons. The van der Waals surface area contributed by atoms with E-state index in [1.807, 2.05) is 0 Å². The lowest BCUT2D eigenvalue weighted by Gasteiger charge is -2.49. The molecule has 16 atom stereocenters. The lowest BCUT2D eigenvalue weighted by Crippen LogP contribution is -2.53. The maximum atomic E-state index is 4.18. The second-order valence-corrected chi connectivity index (χ2v) is 28.7. The van der Waals surface area contributed by atoms with Gasteiger partial charge >= 0.3 is 0 Å². The van der Waals surface area contributed by atoms with Crippen LogP contribution in [-0.2, 0) is 0 Å². The predicted octanol–water partition coefficient (Wildman–Crippen LogP) is 13.4. The molecule has 0 aromatic carbocycles. The van der Waals surface area contributed by atoms with Gasteiger partial charge in [0.05, 0.1) is 23.1 Å². The number of fused-ring (bicyclic) bond motifs is 7. The minimum Gasteiger partial charge on any atom is -0.294 e. The zero-order valence-electron chi connectivity index (χ0n) is 41.9. The van der Waals surface area contributed by atoms with Gasteiger partial charge in [-0.2, -0.15) is 0 Å². The third kappa shape index (κ3) is 9.04. The van der Waals surface area contributed by atoms with Crippen molar-refractivity contribution in [3.8, 4) is 0 Å². The molecule has 66 heavy (non-hydrogen) atoms. The summed E-state index contributed by atoms with van der Waals surface area (Å²) < 4.78 is 7.84. The van der Waals surface area contributed by atoms with E-state index in [-0.39, 0.29) is 0 Å². The van der Waals surface area contributed by atoms with Crippen LogP contribution in [0.3, 0.4) is 0 Å². The molecule has 9 saturated carbocycles. The van der Waals surface area contributed by atoms with Crippen LogP contribution in [0.2, 0.25) is 0 Å². The maximum absolute atomic E-state index is 4.18. The molecule has 4 aliphatic heterocycles. The highest BCUT2D eigenvalue weighted by Crippen LogP contribution is 2.62. The van der Waals surface area contributed by atoms with E-state index in [1.165, 1.54) is 180 Å². The Morgan fingerprint density at radius 1 is 0.288 bits per heavy atom. The summed E-state index contributed by atoms with van der Waals surface area (Å²) in [6, 6.07) is 5.51. The Balaban J connectivity index is 0.638. The van der Waals surface area contributed by atoms with Crippen molar-refractivity contribution in [1.82, 2.24) is 29.9 Å². The molecule has 9 aliphatic carbocycles. The van der Waals surface area contributed by atoms with Gasteiger partial charge in [0.2, 0.25) is 0 Å². The van der Waals surface area contributed by atoms with Crippen LogP contribution in [0.25, 0.3) is 0 Å². The molecule has 13 rings (SSSR count). The van der Waals surface area contributed by atoms with Gasteiger partial charge in [-0.3, -0.25) is 20.4 Å². The normalized spacial score (nSPS) is 51.3. The highest BCUT2D eigenvalue weighted by Gasteiger charge is 2.63. The molecular formula is C58H98N6S2. The van der Waals surface area contributed by atoms with E-state index < -0.39 is 0 Å². The van der Waals surface area contributed by atoms with E-state index in [1.54, 1.807) is 51.4 Å². The topological polar surface area (TPSA) is 54.6 Å². The molecule has 6 nitrogen and oxygen atoms in total. The van der Waals surface area contributed by atoms with Crippen LogP contribution in [0.5, 0.6) is 0 Å². The molecule has 13 aliphatic rings. The molecule has 16 unspecified atom stereocenters. The Bertz CT molecular complexity index is 1460. The van der Waals surface area contributed by atoms with Crippen molar-refractivity contribution < 1.29 is 0 Å². The minimum absolute atomic E-state index is 0.575. The fourth-order valence-electron chi connectivity index (χ4n) is 20.9. The lowest BCUT2D eigenvalue weighted by atomic mass is 9.61. The Hall–Kier alpha value is 0.460. The summed E-state index contributed by atoms with van der Waals surface area (Å²) in [6.45, 7) is 0. The molecule has 4 saturated heterocycles. The Morgan fingerprint density at radius 2 is 0.667 bits per heavy atom. The first-order valence-corrected chi connectivity index (χ1v) is 32.4. The maximum Gasteiger partial charge on any atom is 0.0720 e. The highest BCUT2D eigenvalue weighted by atomic mass is 32.2. The van der Waals surface area contributed by atoms with Gasteiger partial charge in [-0.25, -0.2) is 9.44 Å². The Morgan fingerprint density at radius 3 is 1.11 bits per heavy atom. The van der Waals surface area contributed by atoms with Crippen LogP contribution < -0.4 is 20.1 Å². The number of hydrogen-bond donors (Lipinski definition) is 4. The fourth-order valence-corrected chi connectivity index (χ4v) is 23.3. The van der Waals surface area contributed by atoms with Gasteiger partial charge < -0.3 is 0 Å². The second kappa shape index (κ2) is 20.8. The van der Waals surface area contributed by atoms with Crippen LogP contribution in [-0.4, -0.2) is 69.1 Å². The molecule has 4 N–H and O–H groups in total. The van der Waals surface area contributed by atoms with E-state index in [2.05, 4.69) is 53.8 Å². The standard InChI is InChI=1S/C58H98N6S2/c1-3-13-39(14-4-1)55-59-57(65-61-55)43-19-11-17-41(35-43)37-25-29-45(30-26-37)63-49-23-9-7-21-47(49)53-51(63)33-34-52-54(53)48-22-8-10-24-50(48)64(52)46-31-27-38(28-32-46)42-18-12-20-44(36-42)58-60-56(62-66-58)40-15-5-2-6-16-40/h37-62H,1-36H2. The second-order valence-electron chi connectivity index (χ2n) is 26.7. The van der Waals surface area contributed by atoms with Crippen molar-refractivity contribution in [3.63, 3.8) is 0 Å². The smallest absolute Gasteiger partial charge is 0.0720 e. The molecular weight excluding hydrogens is 845 g/mol. The summed E-state index contributed by atoms with van der Waals surface area (Å²) in [5.41, 5.74) is 0. The van der Waals surface area contributed by atoms with Crippen LogP contribution >= 0.6 is 23.9 Å². The Labute approximate surface area is 413 Å². The molecule has 0 spiro atoms. The summed E-state index contributed by atoms with van der Waals surface area (Å²) in [5, 5.41) is 9.67. The molecule has 13 fully saturated rings. The van der Waals surface area contributed by atoms with Gasteiger partial charge in [0.15, 0.2) is 0 Å². The minimum atomic E-state index is 0.575. The van der Waals surface area contributed by atoms with Crippen molar-refractivity contribution in [2.75, 3.05) is 0 Å². The zero-order chi connectivity index (χ0) is 43.6. The highest BCUT2D eigenvalue weighted by molar-refractivity contribution is 7.98. The molecule has 0 aromatic rings. The van der Waals surface area contributed by atoms with Crippen LogP contribution in [0, 0.1) is 71.0 Å². The summed E-state index contributed by atoms with van der Waals surface area (Å²) in [5.74, 6) is 11.6. The SMILES string of the molecule is C1CCC(C2NSC(C3CCCC(C4CCC(N5C6CCCCC6C6C7C8CCCCC8N(C8CCC(C9CCCC(C%10NC(C%11CCCCC%11)NS%10)C9)CC8)C7CCC65)CC4)C3)N2)CC1. The van der Waals surface area contributed by atoms with Crippen LogP contribution in [0.1, 0.15) is 231 Å². The third-order valence-corrected chi connectivity index (χ3v) is 26.1. The van der Waals surface area contributed by atoms with E-state index >= 15 is 0 Å². The van der Waals surface area contributed by atoms with Gasteiger partial charge in [-0.15, -0.1) is 0 Å². The van der Waals surface area contributed by atoms with E-state index in [0.29, 0.717) is 23.1 Å². The number of likely N-dealkylation sites (tertiary alicyclic amines) is 2. The van der Waals surface area contributed by atoms with Gasteiger partial charge in [-0.1, -0.05) is 114 Å². The Kier molecular flexibility index (Phi) is 14.6. The molecule has 372 valence electrons. The quantitative estimate of drug-likeness (QED) is 0.180. The number of rotatable bonds is 8. The van der Waals surface area contributed by atoms with E-state index in [9.17, 15) is 0 Å². The van der Waals surface area contributed by atoms with Gasteiger partial charge in [0.1, 0.15) is 0 Å². The van der Waals surface area contributed by atoms with E-state index in [4.69, 9.17) is 0 Å². The van der Waals surface area contributed by atoms with Gasteiger partial charge in [-0.05, 0) is 212 Å². The van der Waals surface area contributed by atoms with Gasteiger partial charge in [0.25, 0.3) is 0 Å². The van der Waals surface area contributed by atoms with Crippen LogP contribution in [0.15, 0.2) is 0 Å². The summed E-state index contributed by atoms with van der Waals surface area (Å²) in [6.07, 6.45) is 55.4. The zero-order valence-corrected chi connectivity index (χ0v) is 43.5. The molecule has 0 bridgehead atoms. The summed E-state index contributed by atoms with van der Waals surface area (Å²) in [7, 11) is 0. The van der Waals surface area contributed by atoms with Crippen LogP contribution in [0.4, 0.5) is 0 Å². The van der Waals surface area contributed by atoms with Crippen molar-refractivity contribution in [3.05, 3.63) is 0 Å². The first-order valence-electron chi connectivity index (χ1n) is 30.6.